The standard InChI is InChI=1S/C30H32N2/c1-22-15-17-26(18-16-22)29(31-30-24(3)19-23(2)20-25(30)4)21-32(27-11-7-5-8-12-27)28-13-9-6-10-14-28/h5-20,29,31H,21H2,1-4H3. The highest BCUT2D eigenvalue weighted by atomic mass is 15.2. The SMILES string of the molecule is Cc1ccc(C(CN(c2ccccc2)c2ccccc2)Nc2c(C)cc(C)cc2C)cc1. The molecule has 0 saturated heterocycles. The molecule has 1 N–H and O–H groups in total. The summed E-state index contributed by atoms with van der Waals surface area (Å²) in [6.45, 7) is 9.50. The summed E-state index contributed by atoms with van der Waals surface area (Å²) in [4.78, 5) is 2.40. The van der Waals surface area contributed by atoms with Crippen molar-refractivity contribution in [2.75, 3.05) is 16.8 Å². The van der Waals surface area contributed by atoms with E-state index < -0.39 is 0 Å². The van der Waals surface area contributed by atoms with Crippen molar-refractivity contribution in [1.29, 1.82) is 0 Å². The normalized spacial score (nSPS) is 11.8. The molecule has 4 aromatic carbocycles. The minimum Gasteiger partial charge on any atom is -0.376 e. The van der Waals surface area contributed by atoms with E-state index in [9.17, 15) is 0 Å². The van der Waals surface area contributed by atoms with Crippen LogP contribution in [0.3, 0.4) is 0 Å². The molecule has 0 saturated carbocycles. The number of para-hydroxylation sites is 2. The summed E-state index contributed by atoms with van der Waals surface area (Å²) in [6, 6.07) is 34.8. The van der Waals surface area contributed by atoms with Gasteiger partial charge >= 0.3 is 0 Å². The largest absolute Gasteiger partial charge is 0.376 e. The van der Waals surface area contributed by atoms with Crippen LogP contribution in [0.2, 0.25) is 0 Å². The lowest BCUT2D eigenvalue weighted by Crippen LogP contribution is -2.28. The molecular weight excluding hydrogens is 388 g/mol. The molecule has 0 aliphatic carbocycles. The number of benzene rings is 4. The van der Waals surface area contributed by atoms with Gasteiger partial charge in [-0.1, -0.05) is 83.9 Å². The van der Waals surface area contributed by atoms with Crippen LogP contribution >= 0.6 is 0 Å². The zero-order chi connectivity index (χ0) is 22.5. The fraction of sp³-hybridized carbons (Fsp3) is 0.200. The smallest absolute Gasteiger partial charge is 0.0693 e. The van der Waals surface area contributed by atoms with E-state index in [2.05, 4.69) is 135 Å². The first-order valence-corrected chi connectivity index (χ1v) is 11.3. The Bertz CT molecular complexity index is 1090. The van der Waals surface area contributed by atoms with E-state index >= 15 is 0 Å². The Morgan fingerprint density at radius 2 is 1.12 bits per heavy atom. The molecule has 0 bridgehead atoms. The molecule has 32 heavy (non-hydrogen) atoms. The van der Waals surface area contributed by atoms with E-state index in [4.69, 9.17) is 0 Å². The van der Waals surface area contributed by atoms with E-state index in [1.807, 2.05) is 0 Å². The van der Waals surface area contributed by atoms with Gasteiger partial charge in [0.25, 0.3) is 0 Å². The Morgan fingerprint density at radius 3 is 1.62 bits per heavy atom. The van der Waals surface area contributed by atoms with Crippen LogP contribution in [0.1, 0.15) is 33.9 Å². The summed E-state index contributed by atoms with van der Waals surface area (Å²) < 4.78 is 0. The lowest BCUT2D eigenvalue weighted by atomic mass is 10.0. The lowest BCUT2D eigenvalue weighted by molar-refractivity contribution is 0.765. The highest BCUT2D eigenvalue weighted by Crippen LogP contribution is 2.32. The molecule has 0 amide bonds. The maximum atomic E-state index is 3.91. The van der Waals surface area contributed by atoms with E-state index in [1.165, 1.54) is 44.9 Å². The summed E-state index contributed by atoms with van der Waals surface area (Å²) in [5.41, 5.74) is 10.0. The van der Waals surface area contributed by atoms with Gasteiger partial charge in [0.05, 0.1) is 6.04 Å². The average molecular weight is 421 g/mol. The zero-order valence-corrected chi connectivity index (χ0v) is 19.5. The first-order chi connectivity index (χ1) is 15.5. The Kier molecular flexibility index (Phi) is 6.61. The second-order valence-corrected chi connectivity index (χ2v) is 8.66. The number of nitrogens with zero attached hydrogens (tertiary/aromatic N) is 1. The Balaban J connectivity index is 1.76. The minimum absolute atomic E-state index is 0.121. The van der Waals surface area contributed by atoms with Crippen LogP contribution in [0, 0.1) is 27.7 Å². The number of aryl methyl sites for hydroxylation is 4. The zero-order valence-electron chi connectivity index (χ0n) is 19.5. The fourth-order valence-corrected chi connectivity index (χ4v) is 4.37. The lowest BCUT2D eigenvalue weighted by Gasteiger charge is -2.32. The number of anilines is 3. The molecule has 0 heterocycles. The van der Waals surface area contributed by atoms with Gasteiger partial charge in [0.2, 0.25) is 0 Å². The van der Waals surface area contributed by atoms with E-state index in [1.54, 1.807) is 0 Å². The van der Waals surface area contributed by atoms with Gasteiger partial charge in [-0.2, -0.15) is 0 Å². The molecule has 0 radical (unpaired) electrons. The number of rotatable bonds is 7. The quantitative estimate of drug-likeness (QED) is 0.327. The van der Waals surface area contributed by atoms with Crippen molar-refractivity contribution in [1.82, 2.24) is 0 Å². The second kappa shape index (κ2) is 9.74. The van der Waals surface area contributed by atoms with Crippen LogP contribution in [0.4, 0.5) is 17.1 Å². The van der Waals surface area contributed by atoms with Crippen molar-refractivity contribution in [3.05, 3.63) is 125 Å². The monoisotopic (exact) mass is 420 g/mol. The van der Waals surface area contributed by atoms with Gasteiger partial charge in [-0.15, -0.1) is 0 Å². The molecule has 0 aliphatic rings. The molecule has 0 aliphatic heterocycles. The third kappa shape index (κ3) is 5.03. The Hall–Kier alpha value is -3.52. The van der Waals surface area contributed by atoms with Crippen LogP contribution in [-0.2, 0) is 0 Å². The Labute approximate surface area is 192 Å². The van der Waals surface area contributed by atoms with Crippen LogP contribution in [0.15, 0.2) is 97.1 Å². The molecule has 1 atom stereocenters. The van der Waals surface area contributed by atoms with Gasteiger partial charge in [-0.05, 0) is 68.7 Å². The predicted octanol–water partition coefficient (Wildman–Crippen LogP) is 7.91. The number of nitrogens with one attached hydrogen (secondary N) is 1. The van der Waals surface area contributed by atoms with Gasteiger partial charge in [-0.25, -0.2) is 0 Å². The maximum Gasteiger partial charge on any atom is 0.0693 e. The van der Waals surface area contributed by atoms with Gasteiger partial charge in [0.1, 0.15) is 0 Å². The minimum atomic E-state index is 0.121. The topological polar surface area (TPSA) is 15.3 Å². The molecule has 0 aromatic heterocycles. The number of hydrogen-bond acceptors (Lipinski definition) is 2. The second-order valence-electron chi connectivity index (χ2n) is 8.66. The highest BCUT2D eigenvalue weighted by Gasteiger charge is 2.20. The molecule has 2 nitrogen and oxygen atoms in total. The predicted molar refractivity (Wildman–Crippen MR) is 138 cm³/mol. The molecule has 162 valence electrons. The van der Waals surface area contributed by atoms with Crippen LogP contribution in [0.5, 0.6) is 0 Å². The Morgan fingerprint density at radius 1 is 0.625 bits per heavy atom. The molecule has 0 fully saturated rings. The maximum absolute atomic E-state index is 3.91. The molecule has 4 aromatic rings. The van der Waals surface area contributed by atoms with E-state index in [-0.39, 0.29) is 6.04 Å². The number of hydrogen-bond donors (Lipinski definition) is 1. The first kappa shape index (κ1) is 21.7. The average Bonchev–Trinajstić information content (AvgIpc) is 2.80. The third-order valence-electron chi connectivity index (χ3n) is 5.98. The summed E-state index contributed by atoms with van der Waals surface area (Å²) >= 11 is 0. The third-order valence-corrected chi connectivity index (χ3v) is 5.98. The van der Waals surface area contributed by atoms with Crippen molar-refractivity contribution in [2.24, 2.45) is 0 Å². The van der Waals surface area contributed by atoms with Crippen molar-refractivity contribution in [3.8, 4) is 0 Å². The van der Waals surface area contributed by atoms with Gasteiger partial charge in [-0.3, -0.25) is 0 Å². The van der Waals surface area contributed by atoms with Gasteiger partial charge in [0.15, 0.2) is 0 Å². The van der Waals surface area contributed by atoms with Crippen molar-refractivity contribution < 1.29 is 0 Å². The van der Waals surface area contributed by atoms with Crippen LogP contribution in [-0.4, -0.2) is 6.54 Å². The molecule has 0 spiro atoms. The summed E-state index contributed by atoms with van der Waals surface area (Å²) in [6.07, 6.45) is 0. The summed E-state index contributed by atoms with van der Waals surface area (Å²) in [7, 11) is 0. The first-order valence-electron chi connectivity index (χ1n) is 11.3. The molecule has 2 heteroatoms. The van der Waals surface area contributed by atoms with Crippen LogP contribution in [0.25, 0.3) is 0 Å². The molecule has 4 rings (SSSR count). The summed E-state index contributed by atoms with van der Waals surface area (Å²) in [5, 5.41) is 3.91. The molecular formula is C30H32N2. The van der Waals surface area contributed by atoms with Gasteiger partial charge < -0.3 is 10.2 Å². The summed E-state index contributed by atoms with van der Waals surface area (Å²) in [5.74, 6) is 0. The highest BCUT2D eigenvalue weighted by molar-refractivity contribution is 5.65. The van der Waals surface area contributed by atoms with Gasteiger partial charge in [0, 0.05) is 23.6 Å². The van der Waals surface area contributed by atoms with E-state index in [0.717, 1.165) is 6.54 Å². The fourth-order valence-electron chi connectivity index (χ4n) is 4.37. The molecule has 1 unspecified atom stereocenters. The van der Waals surface area contributed by atoms with Crippen molar-refractivity contribution >= 4 is 17.1 Å². The van der Waals surface area contributed by atoms with Crippen molar-refractivity contribution in [3.63, 3.8) is 0 Å². The van der Waals surface area contributed by atoms with E-state index in [0.29, 0.717) is 0 Å². The van der Waals surface area contributed by atoms with Crippen LogP contribution < -0.4 is 10.2 Å². The van der Waals surface area contributed by atoms with Crippen molar-refractivity contribution in [2.45, 2.75) is 33.7 Å².